The third-order valence-electron chi connectivity index (χ3n) is 3.28. The van der Waals surface area contributed by atoms with Crippen molar-refractivity contribution in [1.82, 2.24) is 5.32 Å². The zero-order chi connectivity index (χ0) is 15.2. The summed E-state index contributed by atoms with van der Waals surface area (Å²) >= 11 is 1.78. The van der Waals surface area contributed by atoms with E-state index in [4.69, 9.17) is 0 Å². The summed E-state index contributed by atoms with van der Waals surface area (Å²) in [5, 5.41) is 17.1. The lowest BCUT2D eigenvalue weighted by molar-refractivity contribution is -0.385. The number of amides is 1. The minimum Gasteiger partial charge on any atom is -0.385 e. The molecule has 0 spiro atoms. The molecule has 7 heteroatoms. The van der Waals surface area contributed by atoms with Crippen molar-refractivity contribution in [3.8, 4) is 0 Å². The molecule has 1 heterocycles. The molecule has 1 fully saturated rings. The van der Waals surface area contributed by atoms with Crippen LogP contribution < -0.4 is 10.6 Å². The molecule has 0 aromatic heterocycles. The second kappa shape index (κ2) is 7.31. The predicted molar refractivity (Wildman–Crippen MR) is 85.1 cm³/mol. The summed E-state index contributed by atoms with van der Waals surface area (Å²) in [5.74, 6) is 1.52. The van der Waals surface area contributed by atoms with E-state index in [2.05, 4.69) is 10.6 Å². The first-order valence-electron chi connectivity index (χ1n) is 7.02. The third kappa shape index (κ3) is 4.10. The van der Waals surface area contributed by atoms with Gasteiger partial charge in [0, 0.05) is 30.1 Å². The minimum atomic E-state index is -0.512. The van der Waals surface area contributed by atoms with Gasteiger partial charge < -0.3 is 10.6 Å². The van der Waals surface area contributed by atoms with E-state index < -0.39 is 4.92 Å². The molecule has 114 valence electrons. The summed E-state index contributed by atoms with van der Waals surface area (Å²) in [6.07, 6.45) is 1.86. The number of benzene rings is 1. The van der Waals surface area contributed by atoms with Crippen LogP contribution in [-0.2, 0) is 0 Å². The maximum absolute atomic E-state index is 12.3. The molecule has 1 aliphatic rings. The number of carbonyl (C=O) groups is 1. The Hall–Kier alpha value is -1.76. The van der Waals surface area contributed by atoms with Crippen LogP contribution in [0.15, 0.2) is 18.2 Å². The smallest absolute Gasteiger partial charge is 0.282 e. The van der Waals surface area contributed by atoms with Crippen molar-refractivity contribution in [1.29, 1.82) is 0 Å². The first kappa shape index (κ1) is 15.6. The van der Waals surface area contributed by atoms with Crippen LogP contribution >= 0.6 is 11.8 Å². The Bertz CT molecular complexity index is 530. The van der Waals surface area contributed by atoms with Crippen molar-refractivity contribution >= 4 is 29.0 Å². The fourth-order valence-corrected chi connectivity index (χ4v) is 3.32. The molecule has 1 saturated heterocycles. The molecular weight excluding hydrogens is 290 g/mol. The highest BCUT2D eigenvalue weighted by molar-refractivity contribution is 7.99. The van der Waals surface area contributed by atoms with Gasteiger partial charge >= 0.3 is 0 Å². The Morgan fingerprint density at radius 3 is 2.95 bits per heavy atom. The van der Waals surface area contributed by atoms with Crippen molar-refractivity contribution in [2.45, 2.75) is 25.8 Å². The second-order valence-electron chi connectivity index (χ2n) is 4.95. The molecule has 1 amide bonds. The zero-order valence-corrected chi connectivity index (χ0v) is 12.7. The van der Waals surface area contributed by atoms with Crippen molar-refractivity contribution in [3.05, 3.63) is 33.9 Å². The van der Waals surface area contributed by atoms with E-state index in [9.17, 15) is 14.9 Å². The second-order valence-corrected chi connectivity index (χ2v) is 6.10. The highest BCUT2D eigenvalue weighted by Crippen LogP contribution is 2.24. The van der Waals surface area contributed by atoms with Crippen LogP contribution in [0.4, 0.5) is 11.4 Å². The first-order valence-corrected chi connectivity index (χ1v) is 8.18. The minimum absolute atomic E-state index is 0.106. The molecule has 1 aliphatic heterocycles. The highest BCUT2D eigenvalue weighted by Gasteiger charge is 2.24. The maximum atomic E-state index is 12.3. The van der Waals surface area contributed by atoms with Crippen LogP contribution in [0.1, 0.15) is 30.1 Å². The summed E-state index contributed by atoms with van der Waals surface area (Å²) in [5.41, 5.74) is 0.701. The van der Waals surface area contributed by atoms with Crippen LogP contribution in [0.2, 0.25) is 0 Å². The fraction of sp³-hybridized carbons (Fsp3) is 0.500. The number of carbonyl (C=O) groups excluding carboxylic acids is 1. The summed E-state index contributed by atoms with van der Waals surface area (Å²) in [7, 11) is 0. The number of hydrogen-bond donors (Lipinski definition) is 2. The van der Waals surface area contributed by atoms with E-state index in [1.54, 1.807) is 23.9 Å². The lowest BCUT2D eigenvalue weighted by atomic mass is 10.1. The lowest BCUT2D eigenvalue weighted by Crippen LogP contribution is -2.35. The average molecular weight is 309 g/mol. The van der Waals surface area contributed by atoms with Gasteiger partial charge in [-0.25, -0.2) is 0 Å². The molecule has 2 rings (SSSR count). The first-order chi connectivity index (χ1) is 10.1. The van der Waals surface area contributed by atoms with Gasteiger partial charge in [0.15, 0.2) is 0 Å². The molecule has 21 heavy (non-hydrogen) atoms. The van der Waals surface area contributed by atoms with Crippen LogP contribution in [-0.4, -0.2) is 34.9 Å². The molecule has 6 nitrogen and oxygen atoms in total. The van der Waals surface area contributed by atoms with Crippen molar-refractivity contribution in [3.63, 3.8) is 0 Å². The number of anilines is 1. The van der Waals surface area contributed by atoms with Gasteiger partial charge in [0.25, 0.3) is 11.6 Å². The molecule has 1 aromatic carbocycles. The Morgan fingerprint density at radius 2 is 2.33 bits per heavy atom. The number of nitro benzene ring substituents is 1. The Labute approximate surface area is 127 Å². The highest BCUT2D eigenvalue weighted by atomic mass is 32.2. The molecule has 0 bridgehead atoms. The number of thioether (sulfide) groups is 1. The van der Waals surface area contributed by atoms with E-state index in [0.717, 1.165) is 36.6 Å². The van der Waals surface area contributed by atoms with E-state index in [-0.39, 0.29) is 23.2 Å². The lowest BCUT2D eigenvalue weighted by Gasteiger charge is -2.12. The predicted octanol–water partition coefficient (Wildman–Crippen LogP) is 2.65. The van der Waals surface area contributed by atoms with Gasteiger partial charge in [-0.15, -0.1) is 0 Å². The molecule has 0 aliphatic carbocycles. The summed E-state index contributed by atoms with van der Waals surface area (Å²) in [4.78, 5) is 22.9. The third-order valence-corrected chi connectivity index (χ3v) is 4.44. The topological polar surface area (TPSA) is 84.3 Å². The van der Waals surface area contributed by atoms with Crippen LogP contribution in [0, 0.1) is 10.1 Å². The Balaban J connectivity index is 2.20. The number of rotatable bonds is 6. The van der Waals surface area contributed by atoms with Crippen molar-refractivity contribution < 1.29 is 9.72 Å². The quantitative estimate of drug-likeness (QED) is 0.623. The standard InChI is InChI=1S/C14H19N3O3S/c1-2-6-15-10-3-4-13(17(19)20)12(8-10)14(18)16-11-5-7-21-9-11/h3-4,8,11,15H,2,5-7,9H2,1H3,(H,16,18). The summed E-state index contributed by atoms with van der Waals surface area (Å²) < 4.78 is 0. The van der Waals surface area contributed by atoms with Gasteiger partial charge in [0.1, 0.15) is 5.56 Å². The summed E-state index contributed by atoms with van der Waals surface area (Å²) in [6, 6.07) is 4.69. The number of hydrogen-bond acceptors (Lipinski definition) is 5. The van der Waals surface area contributed by atoms with Gasteiger partial charge in [-0.3, -0.25) is 14.9 Å². The molecule has 1 atom stereocenters. The summed E-state index contributed by atoms with van der Waals surface area (Å²) in [6.45, 7) is 2.79. The average Bonchev–Trinajstić information content (AvgIpc) is 2.97. The zero-order valence-electron chi connectivity index (χ0n) is 11.9. The Morgan fingerprint density at radius 1 is 1.52 bits per heavy atom. The number of nitro groups is 1. The largest absolute Gasteiger partial charge is 0.385 e. The molecular formula is C14H19N3O3S. The maximum Gasteiger partial charge on any atom is 0.282 e. The fourth-order valence-electron chi connectivity index (χ4n) is 2.17. The van der Waals surface area contributed by atoms with Gasteiger partial charge in [0.05, 0.1) is 4.92 Å². The van der Waals surface area contributed by atoms with E-state index in [1.807, 2.05) is 6.92 Å². The van der Waals surface area contributed by atoms with Crippen molar-refractivity contribution in [2.75, 3.05) is 23.4 Å². The normalized spacial score (nSPS) is 17.5. The SMILES string of the molecule is CCCNc1ccc([N+](=O)[O-])c(C(=O)NC2CCSC2)c1. The van der Waals surface area contributed by atoms with Gasteiger partial charge in [-0.2, -0.15) is 11.8 Å². The van der Waals surface area contributed by atoms with Crippen molar-refractivity contribution in [2.24, 2.45) is 0 Å². The van der Waals surface area contributed by atoms with Gasteiger partial charge in [0.2, 0.25) is 0 Å². The Kier molecular flexibility index (Phi) is 5.44. The van der Waals surface area contributed by atoms with Gasteiger partial charge in [-0.05, 0) is 30.7 Å². The number of nitrogens with one attached hydrogen (secondary N) is 2. The molecule has 0 radical (unpaired) electrons. The van der Waals surface area contributed by atoms with E-state index >= 15 is 0 Å². The van der Waals surface area contributed by atoms with Gasteiger partial charge in [-0.1, -0.05) is 6.92 Å². The molecule has 2 N–H and O–H groups in total. The van der Waals surface area contributed by atoms with E-state index in [1.165, 1.54) is 6.07 Å². The van der Waals surface area contributed by atoms with Crippen LogP contribution in [0.5, 0.6) is 0 Å². The molecule has 1 aromatic rings. The molecule has 1 unspecified atom stereocenters. The van der Waals surface area contributed by atoms with E-state index in [0.29, 0.717) is 0 Å². The number of nitrogens with zero attached hydrogens (tertiary/aromatic N) is 1. The van der Waals surface area contributed by atoms with Crippen LogP contribution in [0.25, 0.3) is 0 Å². The monoisotopic (exact) mass is 309 g/mol. The van der Waals surface area contributed by atoms with Crippen LogP contribution in [0.3, 0.4) is 0 Å². The molecule has 0 saturated carbocycles.